The van der Waals surface area contributed by atoms with Crippen molar-refractivity contribution in [3.05, 3.63) is 30.2 Å². The van der Waals surface area contributed by atoms with Crippen molar-refractivity contribution in [2.45, 2.75) is 0 Å². The molecule has 2 N–H and O–H groups in total. The highest BCUT2D eigenvalue weighted by molar-refractivity contribution is 7.80. The zero-order chi connectivity index (χ0) is 8.55. The Morgan fingerprint density at radius 3 is 2.83 bits per heavy atom. The van der Waals surface area contributed by atoms with Crippen molar-refractivity contribution in [2.75, 3.05) is 0 Å². The molecule has 1 aromatic carbocycles. The third-order valence-corrected chi connectivity index (χ3v) is 1.68. The minimum Gasteiger partial charge on any atom is -0.434 e. The highest BCUT2D eigenvalue weighted by atomic mass is 32.1. The van der Waals surface area contributed by atoms with Crippen LogP contribution in [0.25, 0.3) is 11.1 Å². The Balaban J connectivity index is 2.70. The van der Waals surface area contributed by atoms with Gasteiger partial charge < -0.3 is 10.2 Å². The molecule has 2 rings (SSSR count). The van der Waals surface area contributed by atoms with Gasteiger partial charge in [-0.1, -0.05) is 24.4 Å². The Kier molecular flexibility index (Phi) is 1.55. The van der Waals surface area contributed by atoms with E-state index < -0.39 is 0 Å². The summed E-state index contributed by atoms with van der Waals surface area (Å²) >= 11 is 4.72. The molecule has 1 aromatic heterocycles. The monoisotopic (exact) mass is 178 g/mol. The summed E-state index contributed by atoms with van der Waals surface area (Å²) in [5.74, 6) is 0.325. The average Bonchev–Trinajstić information content (AvgIpc) is 2.46. The number of hydrogen-bond acceptors (Lipinski definition) is 3. The van der Waals surface area contributed by atoms with Gasteiger partial charge >= 0.3 is 0 Å². The first-order valence-electron chi connectivity index (χ1n) is 3.43. The molecule has 0 radical (unpaired) electrons. The van der Waals surface area contributed by atoms with Crippen LogP contribution in [0.3, 0.4) is 0 Å². The molecule has 0 aliphatic rings. The Bertz CT molecular complexity index is 402. The summed E-state index contributed by atoms with van der Waals surface area (Å²) in [6.45, 7) is 0. The van der Waals surface area contributed by atoms with Crippen molar-refractivity contribution >= 4 is 28.3 Å². The molecule has 60 valence electrons. The number of nitrogens with two attached hydrogens (primary N) is 1. The predicted molar refractivity (Wildman–Crippen MR) is 49.9 cm³/mol. The number of para-hydroxylation sites is 2. The van der Waals surface area contributed by atoms with E-state index in [9.17, 15) is 0 Å². The minimum absolute atomic E-state index is 0.186. The number of benzene rings is 1. The van der Waals surface area contributed by atoms with E-state index >= 15 is 0 Å². The van der Waals surface area contributed by atoms with Crippen molar-refractivity contribution in [3.8, 4) is 0 Å². The van der Waals surface area contributed by atoms with E-state index in [1.807, 2.05) is 24.3 Å². The second-order valence-corrected chi connectivity index (χ2v) is 2.79. The third kappa shape index (κ3) is 1.06. The molecule has 0 saturated heterocycles. The predicted octanol–water partition coefficient (Wildman–Crippen LogP) is 1.46. The van der Waals surface area contributed by atoms with Crippen molar-refractivity contribution in [2.24, 2.45) is 5.73 Å². The lowest BCUT2D eigenvalue weighted by molar-refractivity contribution is 0.591. The number of thiocarbonyl (C=S) groups is 1. The first kappa shape index (κ1) is 7.24. The van der Waals surface area contributed by atoms with Gasteiger partial charge in [-0.3, -0.25) is 0 Å². The molecule has 0 aliphatic carbocycles. The zero-order valence-electron chi connectivity index (χ0n) is 6.15. The van der Waals surface area contributed by atoms with Gasteiger partial charge in [-0.2, -0.15) is 0 Å². The molecule has 0 bridgehead atoms. The normalized spacial score (nSPS) is 10.3. The summed E-state index contributed by atoms with van der Waals surface area (Å²) in [5.41, 5.74) is 6.84. The molecule has 0 spiro atoms. The molecule has 0 unspecified atom stereocenters. The molecule has 0 saturated carbocycles. The highest BCUT2D eigenvalue weighted by Gasteiger charge is 2.05. The van der Waals surface area contributed by atoms with Gasteiger partial charge in [-0.25, -0.2) is 4.98 Å². The molecule has 1 heterocycles. The highest BCUT2D eigenvalue weighted by Crippen LogP contribution is 2.13. The average molecular weight is 178 g/mol. The molecule has 0 aliphatic heterocycles. The van der Waals surface area contributed by atoms with Crippen LogP contribution in [-0.2, 0) is 0 Å². The fourth-order valence-corrected chi connectivity index (χ4v) is 1.06. The first-order chi connectivity index (χ1) is 5.77. The summed E-state index contributed by atoms with van der Waals surface area (Å²) in [5, 5.41) is 0. The van der Waals surface area contributed by atoms with Gasteiger partial charge in [0, 0.05) is 0 Å². The van der Waals surface area contributed by atoms with E-state index in [-0.39, 0.29) is 4.99 Å². The maximum absolute atomic E-state index is 5.35. The number of fused-ring (bicyclic) bond motifs is 1. The fraction of sp³-hybridized carbons (Fsp3) is 0. The Morgan fingerprint density at radius 1 is 1.42 bits per heavy atom. The summed E-state index contributed by atoms with van der Waals surface area (Å²) in [6, 6.07) is 7.43. The Labute approximate surface area is 74.2 Å². The smallest absolute Gasteiger partial charge is 0.255 e. The lowest BCUT2D eigenvalue weighted by atomic mass is 10.3. The fourth-order valence-electron chi connectivity index (χ4n) is 0.978. The molecule has 2 aromatic rings. The quantitative estimate of drug-likeness (QED) is 0.672. The maximum atomic E-state index is 5.35. The van der Waals surface area contributed by atoms with Gasteiger partial charge in [-0.15, -0.1) is 0 Å². The minimum atomic E-state index is 0.186. The van der Waals surface area contributed by atoms with Gasteiger partial charge in [0.25, 0.3) is 5.89 Å². The van der Waals surface area contributed by atoms with Crippen LogP contribution in [0.15, 0.2) is 28.7 Å². The van der Waals surface area contributed by atoms with Crippen LogP contribution in [0.2, 0.25) is 0 Å². The summed E-state index contributed by atoms with van der Waals surface area (Å²) < 4.78 is 5.25. The van der Waals surface area contributed by atoms with Crippen LogP contribution in [0, 0.1) is 0 Å². The van der Waals surface area contributed by atoms with Gasteiger partial charge in [0.05, 0.1) is 0 Å². The number of nitrogens with zero attached hydrogens (tertiary/aromatic N) is 1. The Hall–Kier alpha value is -1.42. The van der Waals surface area contributed by atoms with Gasteiger partial charge in [0.2, 0.25) is 0 Å². The van der Waals surface area contributed by atoms with Crippen LogP contribution >= 0.6 is 12.2 Å². The van der Waals surface area contributed by atoms with Crippen molar-refractivity contribution in [1.29, 1.82) is 0 Å². The second kappa shape index (κ2) is 2.57. The van der Waals surface area contributed by atoms with Crippen molar-refractivity contribution in [3.63, 3.8) is 0 Å². The van der Waals surface area contributed by atoms with E-state index in [0.717, 1.165) is 5.52 Å². The van der Waals surface area contributed by atoms with E-state index in [0.29, 0.717) is 11.5 Å². The van der Waals surface area contributed by atoms with E-state index in [1.54, 1.807) is 0 Å². The SMILES string of the molecule is NC(=S)c1nc2ccccc2o1. The van der Waals surface area contributed by atoms with Crippen LogP contribution in [0.4, 0.5) is 0 Å². The van der Waals surface area contributed by atoms with Crippen molar-refractivity contribution in [1.82, 2.24) is 4.98 Å². The molecular formula is C8H6N2OS. The lowest BCUT2D eigenvalue weighted by Gasteiger charge is -1.83. The van der Waals surface area contributed by atoms with Crippen molar-refractivity contribution < 1.29 is 4.42 Å². The van der Waals surface area contributed by atoms with E-state index in [1.165, 1.54) is 0 Å². The van der Waals surface area contributed by atoms with E-state index in [4.69, 9.17) is 22.4 Å². The Morgan fingerprint density at radius 2 is 2.17 bits per heavy atom. The zero-order valence-corrected chi connectivity index (χ0v) is 6.97. The van der Waals surface area contributed by atoms with E-state index in [2.05, 4.69) is 4.98 Å². The number of hydrogen-bond donors (Lipinski definition) is 1. The molecular weight excluding hydrogens is 172 g/mol. The van der Waals surface area contributed by atoms with Crippen LogP contribution in [0.5, 0.6) is 0 Å². The van der Waals surface area contributed by atoms with Gasteiger partial charge in [0.15, 0.2) is 10.6 Å². The molecule has 0 atom stereocenters. The number of rotatable bonds is 1. The van der Waals surface area contributed by atoms with Crippen LogP contribution < -0.4 is 5.73 Å². The van der Waals surface area contributed by atoms with Gasteiger partial charge in [-0.05, 0) is 12.1 Å². The molecule has 0 amide bonds. The summed E-state index contributed by atoms with van der Waals surface area (Å²) in [6.07, 6.45) is 0. The molecule has 4 heteroatoms. The van der Waals surface area contributed by atoms with Gasteiger partial charge in [0.1, 0.15) is 5.52 Å². The summed E-state index contributed by atoms with van der Waals surface area (Å²) in [7, 11) is 0. The number of aromatic nitrogens is 1. The largest absolute Gasteiger partial charge is 0.434 e. The third-order valence-electron chi connectivity index (χ3n) is 1.50. The lowest BCUT2D eigenvalue weighted by Crippen LogP contribution is -2.09. The molecule has 0 fully saturated rings. The molecule has 12 heavy (non-hydrogen) atoms. The number of oxazole rings is 1. The maximum Gasteiger partial charge on any atom is 0.255 e. The van der Waals surface area contributed by atoms with Crippen LogP contribution in [-0.4, -0.2) is 9.97 Å². The first-order valence-corrected chi connectivity index (χ1v) is 3.83. The summed E-state index contributed by atoms with van der Waals surface area (Å²) in [4.78, 5) is 4.27. The standard InChI is InChI=1S/C8H6N2OS/c9-7(12)8-10-5-3-1-2-4-6(5)11-8/h1-4H,(H2,9,12). The molecule has 3 nitrogen and oxygen atoms in total. The topological polar surface area (TPSA) is 52.0 Å². The second-order valence-electron chi connectivity index (χ2n) is 2.35. The van der Waals surface area contributed by atoms with Crippen LogP contribution in [0.1, 0.15) is 5.89 Å².